The molecule has 9 N–H and O–H groups in total. The van der Waals surface area contributed by atoms with Gasteiger partial charge in [0.25, 0.3) is 0 Å². The zero-order valence-electron chi connectivity index (χ0n) is 54.3. The summed E-state index contributed by atoms with van der Waals surface area (Å²) in [6.45, 7) is 30.1. The van der Waals surface area contributed by atoms with E-state index >= 15 is 0 Å². The van der Waals surface area contributed by atoms with Crippen LogP contribution < -0.4 is 60.6 Å². The molecule has 0 aliphatic rings. The Morgan fingerprint density at radius 3 is 1.01 bits per heavy atom. The van der Waals surface area contributed by atoms with Crippen LogP contribution in [0.3, 0.4) is 0 Å². The third-order valence-corrected chi connectivity index (χ3v) is 13.2. The third-order valence-electron chi connectivity index (χ3n) is 13.0. The number of nitrogens with one attached hydrogen (secondary N) is 5. The van der Waals surface area contributed by atoms with Gasteiger partial charge in [0.2, 0.25) is 35.0 Å². The molecule has 0 spiro atoms. The van der Waals surface area contributed by atoms with Crippen molar-refractivity contribution in [3.63, 3.8) is 0 Å². The van der Waals surface area contributed by atoms with Crippen molar-refractivity contribution < 1.29 is 67.0 Å². The van der Waals surface area contributed by atoms with Gasteiger partial charge in [-0.2, -0.15) is 29.9 Å². The summed E-state index contributed by atoms with van der Waals surface area (Å²) in [5.41, 5.74) is 10.0. The van der Waals surface area contributed by atoms with Crippen LogP contribution in [0.25, 0.3) is 0 Å². The number of hydrogen-bond donors (Lipinski definition) is 9. The molecule has 0 atom stereocenters. The minimum atomic E-state index is -0.103. The second-order valence-electron chi connectivity index (χ2n) is 18.4. The Bertz CT molecular complexity index is 2860. The van der Waals surface area contributed by atoms with Gasteiger partial charge >= 0.3 is 0 Å². The topological polar surface area (TPSA) is 253 Å². The zero-order valence-corrected chi connectivity index (χ0v) is 66.5. The number of hydrogen-bond acceptors (Lipinski definition) is 22. The molecule has 2 aromatic heterocycles. The first kappa shape index (κ1) is 88.9. The van der Waals surface area contributed by atoms with E-state index in [0.29, 0.717) is 42.8 Å². The monoisotopic (exact) mass is 1790 g/mol. The van der Waals surface area contributed by atoms with Gasteiger partial charge in [-0.3, -0.25) is 4.93 Å². The first-order chi connectivity index (χ1) is 42.0. The van der Waals surface area contributed by atoms with Crippen LogP contribution in [0, 0.1) is 26.2 Å². The van der Waals surface area contributed by atoms with Gasteiger partial charge in [-0.1, -0.05) is 79.9 Å². The van der Waals surface area contributed by atoms with Crippen LogP contribution in [0.1, 0.15) is 66.5 Å². The van der Waals surface area contributed by atoms with Crippen LogP contribution in [0.2, 0.25) is 5.28 Å². The molecule has 6 rings (SSSR count). The minimum Gasteiger partial charge on any atom is -0.495 e. The molecule has 0 aliphatic carbocycles. The van der Waals surface area contributed by atoms with Crippen LogP contribution in [0.5, 0.6) is 11.5 Å². The van der Waals surface area contributed by atoms with E-state index in [1.165, 1.54) is 16.8 Å². The van der Waals surface area contributed by atoms with Crippen molar-refractivity contribution in [3.8, 4) is 11.5 Å². The van der Waals surface area contributed by atoms with E-state index in [-0.39, 0.29) is 89.3 Å². The molecular weight excluding hydrogens is 1700 g/mol. The molecule has 0 fully saturated rings. The minimum absolute atomic E-state index is 0. The molecule has 90 heavy (non-hydrogen) atoms. The molecule has 502 valence electrons. The molecule has 4 aromatic carbocycles. The van der Waals surface area contributed by atoms with E-state index < -0.39 is 0 Å². The molecule has 2 radical (unpaired) electrons. The SMILES string of the molecule is CCN(CC)c1cc(Nc2nc(Cl)nc(Nc3ccc(OC)c(N(CC)CC)c3)n2)ccc1C.CCN(CC)c1cc(Nc2nc(Nc3ccc(OC)c(N(CC)CC)c3)nc(N(CCO)CCO)n2)ccc1C.IC(I)I.OCCNCCO.[CH2-]I.[CH3-].[V].[V]. The second-order valence-corrected chi connectivity index (χ2v) is 29.6. The van der Waals surface area contributed by atoms with Crippen molar-refractivity contribution in [1.29, 1.82) is 0 Å². The molecule has 0 amide bonds. The number of aryl methyl sites for hydroxylation is 2. The smallest absolute Gasteiger partial charge is 0.233 e. The van der Waals surface area contributed by atoms with Crippen molar-refractivity contribution in [2.45, 2.75) is 69.2 Å². The molecule has 6 aromatic rings. The largest absolute Gasteiger partial charge is 0.495 e. The van der Waals surface area contributed by atoms with Crippen molar-refractivity contribution in [3.05, 3.63) is 102 Å². The van der Waals surface area contributed by atoms with Gasteiger partial charge in [-0.25, -0.2) is 0 Å². The second kappa shape index (κ2) is 51.2. The van der Waals surface area contributed by atoms with Gasteiger partial charge in [-0.05, 0) is 153 Å². The summed E-state index contributed by atoms with van der Waals surface area (Å²) < 4.78 is 11.9. The number of nitrogens with zero attached hydrogens (tertiary/aromatic N) is 11. The molecule has 0 saturated carbocycles. The van der Waals surface area contributed by atoms with Gasteiger partial charge in [-0.15, -0.1) is 0 Å². The molecule has 22 nitrogen and oxygen atoms in total. The van der Waals surface area contributed by atoms with Crippen LogP contribution in [-0.2, 0) is 37.1 Å². The Hall–Kier alpha value is -3.12. The number of rotatable bonds is 31. The first-order valence-electron chi connectivity index (χ1n) is 28.9. The number of methoxy groups -OCH3 is 2. The van der Waals surface area contributed by atoms with Crippen LogP contribution in [0.15, 0.2) is 72.8 Å². The normalized spacial score (nSPS) is 10.0. The Morgan fingerprint density at radius 1 is 0.456 bits per heavy atom. The summed E-state index contributed by atoms with van der Waals surface area (Å²) >= 11 is 15.1. The number of alkyl halides is 3. The summed E-state index contributed by atoms with van der Waals surface area (Å²) in [7, 11) is 3.34. The zero-order chi connectivity index (χ0) is 64.8. The van der Waals surface area contributed by atoms with E-state index in [1.807, 2.05) is 71.1 Å². The van der Waals surface area contributed by atoms with Crippen molar-refractivity contribution >= 4 is 177 Å². The maximum Gasteiger partial charge on any atom is 0.233 e. The fraction of sp³-hybridized carbons (Fsp3) is 0.475. The number of aliphatic hydroxyl groups excluding tert-OH is 4. The number of halogens is 5. The van der Waals surface area contributed by atoms with Gasteiger partial charge in [0.05, 0.1) is 52.0 Å². The predicted octanol–water partition coefficient (Wildman–Crippen LogP) is 13.0. The van der Waals surface area contributed by atoms with Gasteiger partial charge in [0, 0.05) is 150 Å². The van der Waals surface area contributed by atoms with Crippen LogP contribution in [0.4, 0.5) is 75.2 Å². The Labute approximate surface area is 620 Å². The van der Waals surface area contributed by atoms with Gasteiger partial charge < -0.3 is 111 Å². The predicted molar refractivity (Wildman–Crippen MR) is 405 cm³/mol. The van der Waals surface area contributed by atoms with Crippen molar-refractivity contribution in [2.75, 3.05) is 165 Å². The first-order valence-corrected chi connectivity index (χ1v) is 34.5. The van der Waals surface area contributed by atoms with Crippen molar-refractivity contribution in [1.82, 2.24) is 35.2 Å². The summed E-state index contributed by atoms with van der Waals surface area (Å²) in [5, 5.41) is 51.6. The van der Waals surface area contributed by atoms with E-state index in [9.17, 15) is 10.2 Å². The Kier molecular flexibility index (Phi) is 50.6. The van der Waals surface area contributed by atoms with Crippen LogP contribution in [-0.4, -0.2) is 169 Å². The molecule has 0 unspecified atom stereocenters. The van der Waals surface area contributed by atoms with E-state index in [2.05, 4.69) is 242 Å². The number of benzene rings is 4. The van der Waals surface area contributed by atoms with Gasteiger partial charge in [0.1, 0.15) is 11.4 Å². The maximum absolute atomic E-state index is 9.62. The molecule has 0 aliphatic heterocycles. The molecule has 0 bridgehead atoms. The summed E-state index contributed by atoms with van der Waals surface area (Å²) in [5.74, 6) is 3.35. The average Bonchev–Trinajstić information content (AvgIpc) is 1.44. The molecule has 0 saturated heterocycles. The quantitative estimate of drug-likeness (QED) is 0.00849. The third kappa shape index (κ3) is 31.0. The summed E-state index contributed by atoms with van der Waals surface area (Å²) in [6, 6.07) is 24.1. The molecular formula is C61H95ClI4N16O6V2-2. The summed E-state index contributed by atoms with van der Waals surface area (Å²) in [4.78, 5) is 41.0. The standard InChI is InChI=1S/C29H44N8O3.C25H34ClN7O.C4H11NO2.CHI3.CH2I.CH3.2V/c1-7-35(8-2)24-19-22(12-11-21(24)5)30-27-32-28(34-29(33-27)37(15-17-38)16-18-39)31-23-13-14-26(40-6)25(20-23)36(9-3)10-4;1-7-32(8-2)20-15-18(12-11-17(20)5)27-24-29-23(26)30-25(31-24)28-19-13-14-22(34-6)21(16-19)33(9-3)10-4;6-3-1-5-2-4-7;2-1(3)4;1-2;;;/h11-14,19-20,38-39H,7-10,15-18H2,1-6H3,(H2,30,31,32,33,34);11-16H,7-10H2,1-6H3,(H2,27,28,29,30,31);5-7H,1-4H2;1H;1H2;1H3;;/q;;;;2*-1;;. The Balaban J connectivity index is 0. The Morgan fingerprint density at radius 2 is 0.733 bits per heavy atom. The van der Waals surface area contributed by atoms with E-state index in [1.54, 1.807) is 19.1 Å². The number of aromatic nitrogens is 6. The van der Waals surface area contributed by atoms with Gasteiger partial charge in [0.15, 0.2) is 0 Å². The van der Waals surface area contributed by atoms with Crippen molar-refractivity contribution in [2.24, 2.45) is 0 Å². The average molecular weight is 1790 g/mol. The maximum atomic E-state index is 9.62. The number of ether oxygens (including phenoxy) is 2. The number of anilines is 13. The van der Waals surface area contributed by atoms with E-state index in [4.69, 9.17) is 31.3 Å². The molecule has 29 heteroatoms. The summed E-state index contributed by atoms with van der Waals surface area (Å²) in [6.07, 6.45) is 0. The fourth-order valence-corrected chi connectivity index (χ4v) is 8.94. The van der Waals surface area contributed by atoms with E-state index in [0.717, 1.165) is 104 Å². The fourth-order valence-electron chi connectivity index (χ4n) is 8.78. The van der Waals surface area contributed by atoms with Crippen LogP contribution >= 0.6 is 102 Å². The molecule has 2 heterocycles. The number of aliphatic hydroxyl groups is 4.